The van der Waals surface area contributed by atoms with Crippen molar-refractivity contribution in [2.45, 2.75) is 5.51 Å². The third-order valence-corrected chi connectivity index (χ3v) is 4.13. The first-order valence-electron chi connectivity index (χ1n) is 6.46. The second kappa shape index (κ2) is 5.31. The molecule has 8 heteroatoms. The lowest BCUT2D eigenvalue weighted by molar-refractivity contribution is -0.0501. The molecule has 4 nitrogen and oxygen atoms in total. The summed E-state index contributed by atoms with van der Waals surface area (Å²) in [7, 11) is -5.75. The predicted octanol–water partition coefficient (Wildman–Crippen LogP) is 3.86. The van der Waals surface area contributed by atoms with Crippen molar-refractivity contribution in [3.63, 3.8) is 0 Å². The van der Waals surface area contributed by atoms with Crippen LogP contribution in [-0.2, 0) is 10.1 Å². The van der Waals surface area contributed by atoms with Crippen molar-refractivity contribution in [2.24, 2.45) is 0 Å². The van der Waals surface area contributed by atoms with E-state index in [1.54, 1.807) is 54.6 Å². The van der Waals surface area contributed by atoms with Gasteiger partial charge in [-0.05, 0) is 18.2 Å². The number of halogens is 3. The van der Waals surface area contributed by atoms with Crippen LogP contribution in [-0.4, -0.2) is 18.5 Å². The zero-order chi connectivity index (χ0) is 16.7. The third kappa shape index (κ3) is 2.77. The highest BCUT2D eigenvalue weighted by atomic mass is 32.2. The molecule has 0 amide bonds. The Hall–Kier alpha value is -2.48. The standard InChI is InChI=1S/C15H10F3NO3S/c16-15(17,18)23(20,21)22-14-10-11-6-4-5-9-13(11)19(14)12-7-2-1-3-8-12/h1-10H. The van der Waals surface area contributed by atoms with Crippen LogP contribution in [0.3, 0.4) is 0 Å². The van der Waals surface area contributed by atoms with Crippen LogP contribution in [0.4, 0.5) is 13.2 Å². The Balaban J connectivity index is 2.22. The average Bonchev–Trinajstić information content (AvgIpc) is 2.84. The van der Waals surface area contributed by atoms with Crippen LogP contribution in [0.25, 0.3) is 16.6 Å². The smallest absolute Gasteiger partial charge is 0.357 e. The molecule has 0 N–H and O–H groups in total. The molecule has 23 heavy (non-hydrogen) atoms. The molecule has 3 aromatic rings. The Morgan fingerprint density at radius 3 is 2.17 bits per heavy atom. The molecular weight excluding hydrogens is 331 g/mol. The van der Waals surface area contributed by atoms with Gasteiger partial charge < -0.3 is 4.18 Å². The summed E-state index contributed by atoms with van der Waals surface area (Å²) < 4.78 is 66.1. The van der Waals surface area contributed by atoms with Gasteiger partial charge in [0.2, 0.25) is 5.88 Å². The molecule has 0 unspecified atom stereocenters. The van der Waals surface area contributed by atoms with Crippen molar-refractivity contribution in [3.05, 3.63) is 60.7 Å². The number of hydrogen-bond acceptors (Lipinski definition) is 3. The third-order valence-electron chi connectivity index (χ3n) is 3.17. The van der Waals surface area contributed by atoms with Crippen LogP contribution in [0.1, 0.15) is 0 Å². The van der Waals surface area contributed by atoms with Crippen LogP contribution in [0, 0.1) is 0 Å². The first kappa shape index (κ1) is 15.4. The van der Waals surface area contributed by atoms with E-state index in [-0.39, 0.29) is 0 Å². The minimum absolute atomic E-state index is 0.422. The summed E-state index contributed by atoms with van der Waals surface area (Å²) in [6.07, 6.45) is 0. The number of alkyl halides is 3. The van der Waals surface area contributed by atoms with Gasteiger partial charge >= 0.3 is 15.6 Å². The summed E-state index contributed by atoms with van der Waals surface area (Å²) in [6, 6.07) is 16.4. The zero-order valence-corrected chi connectivity index (χ0v) is 12.3. The van der Waals surface area contributed by atoms with Crippen molar-refractivity contribution >= 4 is 21.0 Å². The van der Waals surface area contributed by atoms with Crippen LogP contribution in [0.15, 0.2) is 60.7 Å². The van der Waals surface area contributed by atoms with E-state index in [2.05, 4.69) is 4.18 Å². The van der Waals surface area contributed by atoms with E-state index in [4.69, 9.17) is 0 Å². The average molecular weight is 341 g/mol. The minimum atomic E-state index is -5.75. The fourth-order valence-corrected chi connectivity index (χ4v) is 2.64. The highest BCUT2D eigenvalue weighted by molar-refractivity contribution is 7.87. The van der Waals surface area contributed by atoms with Crippen LogP contribution in [0.2, 0.25) is 0 Å². The second-order valence-corrected chi connectivity index (χ2v) is 6.23. The SMILES string of the molecule is O=S(=O)(Oc1cc2ccccc2n1-c1ccccc1)C(F)(F)F. The molecule has 0 saturated carbocycles. The van der Waals surface area contributed by atoms with Crippen LogP contribution < -0.4 is 4.18 Å². The predicted molar refractivity (Wildman–Crippen MR) is 78.9 cm³/mol. The van der Waals surface area contributed by atoms with E-state index >= 15 is 0 Å². The molecule has 0 bridgehead atoms. The summed E-state index contributed by atoms with van der Waals surface area (Å²) in [5.74, 6) is -0.422. The Morgan fingerprint density at radius 1 is 0.913 bits per heavy atom. The van der Waals surface area contributed by atoms with E-state index in [1.165, 1.54) is 10.6 Å². The number of nitrogens with zero attached hydrogens (tertiary/aromatic N) is 1. The van der Waals surface area contributed by atoms with Gasteiger partial charge in [0.25, 0.3) is 0 Å². The lowest BCUT2D eigenvalue weighted by Crippen LogP contribution is -2.28. The number of rotatable bonds is 3. The number of fused-ring (bicyclic) bond motifs is 1. The van der Waals surface area contributed by atoms with Gasteiger partial charge in [-0.25, -0.2) is 0 Å². The zero-order valence-electron chi connectivity index (χ0n) is 11.5. The molecule has 0 saturated heterocycles. The highest BCUT2D eigenvalue weighted by Gasteiger charge is 2.49. The molecule has 120 valence electrons. The molecule has 0 aliphatic carbocycles. The van der Waals surface area contributed by atoms with Crippen molar-refractivity contribution in [1.29, 1.82) is 0 Å². The maximum absolute atomic E-state index is 12.6. The summed E-state index contributed by atoms with van der Waals surface area (Å²) in [6.45, 7) is 0. The summed E-state index contributed by atoms with van der Waals surface area (Å²) in [4.78, 5) is 0. The first-order valence-corrected chi connectivity index (χ1v) is 7.87. The lowest BCUT2D eigenvalue weighted by atomic mass is 10.2. The largest absolute Gasteiger partial charge is 0.534 e. The molecule has 0 fully saturated rings. The fraction of sp³-hybridized carbons (Fsp3) is 0.0667. The Kier molecular flexibility index (Phi) is 3.56. The van der Waals surface area contributed by atoms with Crippen molar-refractivity contribution in [3.8, 4) is 11.6 Å². The quantitative estimate of drug-likeness (QED) is 0.537. The van der Waals surface area contributed by atoms with Crippen LogP contribution in [0.5, 0.6) is 5.88 Å². The van der Waals surface area contributed by atoms with E-state index < -0.39 is 21.5 Å². The second-order valence-electron chi connectivity index (χ2n) is 4.70. The number of hydrogen-bond donors (Lipinski definition) is 0. The van der Waals surface area contributed by atoms with E-state index in [1.807, 2.05) is 0 Å². The van der Waals surface area contributed by atoms with E-state index in [0.29, 0.717) is 16.6 Å². The van der Waals surface area contributed by atoms with E-state index in [9.17, 15) is 21.6 Å². The first-order chi connectivity index (χ1) is 10.8. The number of aromatic nitrogens is 1. The van der Waals surface area contributed by atoms with Gasteiger partial charge in [0.05, 0.1) is 5.52 Å². The highest BCUT2D eigenvalue weighted by Crippen LogP contribution is 2.33. The topological polar surface area (TPSA) is 48.3 Å². The summed E-state index contributed by atoms with van der Waals surface area (Å²) >= 11 is 0. The number of benzene rings is 2. The maximum Gasteiger partial charge on any atom is 0.534 e. The van der Waals surface area contributed by atoms with Gasteiger partial charge in [-0.2, -0.15) is 21.6 Å². The van der Waals surface area contributed by atoms with Crippen molar-refractivity contribution in [1.82, 2.24) is 4.57 Å². The van der Waals surface area contributed by atoms with Crippen molar-refractivity contribution in [2.75, 3.05) is 0 Å². The van der Waals surface area contributed by atoms with Gasteiger partial charge in [-0.3, -0.25) is 4.57 Å². The Labute approximate surface area is 129 Å². The number of para-hydroxylation sites is 2. The van der Waals surface area contributed by atoms with E-state index in [0.717, 1.165) is 0 Å². The molecule has 0 aliphatic heterocycles. The molecule has 1 aromatic heterocycles. The van der Waals surface area contributed by atoms with Gasteiger partial charge in [0, 0.05) is 17.1 Å². The molecular formula is C15H10F3NO3S. The molecule has 0 radical (unpaired) electrons. The Bertz CT molecular complexity index is 947. The molecule has 0 aliphatic rings. The van der Waals surface area contributed by atoms with Crippen molar-refractivity contribution < 1.29 is 25.8 Å². The monoisotopic (exact) mass is 341 g/mol. The molecule has 0 atom stereocenters. The Morgan fingerprint density at radius 2 is 1.52 bits per heavy atom. The lowest BCUT2D eigenvalue weighted by Gasteiger charge is -2.13. The van der Waals surface area contributed by atoms with Gasteiger partial charge in [0.15, 0.2) is 0 Å². The van der Waals surface area contributed by atoms with Gasteiger partial charge in [-0.1, -0.05) is 36.4 Å². The normalized spacial score (nSPS) is 12.5. The maximum atomic E-state index is 12.6. The molecule has 0 spiro atoms. The van der Waals surface area contributed by atoms with Crippen LogP contribution >= 0.6 is 0 Å². The molecule has 2 aromatic carbocycles. The fourth-order valence-electron chi connectivity index (χ4n) is 2.19. The minimum Gasteiger partial charge on any atom is -0.357 e. The summed E-state index contributed by atoms with van der Waals surface area (Å²) in [5, 5.41) is 0.559. The molecule has 3 rings (SSSR count). The van der Waals surface area contributed by atoms with Gasteiger partial charge in [0.1, 0.15) is 0 Å². The molecule has 1 heterocycles. The summed E-state index contributed by atoms with van der Waals surface area (Å²) in [5.41, 5.74) is -4.47. The van der Waals surface area contributed by atoms with Gasteiger partial charge in [-0.15, -0.1) is 0 Å².